The molecular formula is C16H15N9O4S2. The van der Waals surface area contributed by atoms with Gasteiger partial charge in [0.05, 0.1) is 15.7 Å². The molecule has 2 aliphatic heterocycles. The van der Waals surface area contributed by atoms with Crippen LogP contribution < -0.4 is 10.5 Å². The molecule has 0 aliphatic carbocycles. The molecule has 160 valence electrons. The maximum atomic E-state index is 13.2. The number of benzene rings is 1. The normalized spacial score (nSPS) is 17.1. The van der Waals surface area contributed by atoms with Crippen LogP contribution in [0.1, 0.15) is 5.56 Å². The Morgan fingerprint density at radius 1 is 1.03 bits per heavy atom. The number of aromatic nitrogens is 4. The quantitative estimate of drug-likeness (QED) is 0.455. The smallest absolute Gasteiger partial charge is 0.240 e. The average Bonchev–Trinajstić information content (AvgIpc) is 3.35. The van der Waals surface area contributed by atoms with Gasteiger partial charge in [0, 0.05) is 24.8 Å². The van der Waals surface area contributed by atoms with Gasteiger partial charge in [0.1, 0.15) is 10.4 Å². The summed E-state index contributed by atoms with van der Waals surface area (Å²) in [5, 5.41) is 25.8. The lowest BCUT2D eigenvalue weighted by molar-refractivity contribution is 0.493. The van der Waals surface area contributed by atoms with E-state index in [0.717, 1.165) is 0 Å². The molecule has 4 N–H and O–H groups in total. The molecule has 0 saturated carbocycles. The summed E-state index contributed by atoms with van der Waals surface area (Å²) in [4.78, 5) is 7.28. The summed E-state index contributed by atoms with van der Waals surface area (Å²) in [7, 11) is -8.51. The number of hydrogen-bond acceptors (Lipinski definition) is 11. The molecule has 13 nitrogen and oxygen atoms in total. The van der Waals surface area contributed by atoms with Crippen molar-refractivity contribution in [2.24, 2.45) is 20.4 Å². The molecule has 0 unspecified atom stereocenters. The Hall–Kier alpha value is -3.14. The van der Waals surface area contributed by atoms with Crippen LogP contribution in [0.25, 0.3) is 22.3 Å². The van der Waals surface area contributed by atoms with Gasteiger partial charge in [-0.3, -0.25) is 0 Å². The number of fused-ring (bicyclic) bond motifs is 1. The van der Waals surface area contributed by atoms with Crippen molar-refractivity contribution in [3.63, 3.8) is 0 Å². The Labute approximate surface area is 175 Å². The number of sulfonamides is 1. The van der Waals surface area contributed by atoms with Gasteiger partial charge in [-0.25, -0.2) is 32.0 Å². The van der Waals surface area contributed by atoms with Crippen LogP contribution in [0.5, 0.6) is 0 Å². The first-order chi connectivity index (χ1) is 14.8. The summed E-state index contributed by atoms with van der Waals surface area (Å²) in [5.41, 5.74) is 1.38. The lowest BCUT2D eigenvalue weighted by Crippen LogP contribution is -2.51. The molecule has 1 fully saturated rings. The van der Waals surface area contributed by atoms with Gasteiger partial charge in [0.15, 0.2) is 22.3 Å². The molecule has 1 aromatic carbocycles. The van der Waals surface area contributed by atoms with E-state index in [2.05, 4.69) is 40.9 Å². The largest absolute Gasteiger partial charge is 0.314 e. The first-order valence-corrected chi connectivity index (χ1v) is 12.1. The predicted octanol–water partition coefficient (Wildman–Crippen LogP) is -0.417. The second-order valence-electron chi connectivity index (χ2n) is 6.90. The van der Waals surface area contributed by atoms with Gasteiger partial charge < -0.3 is 5.32 Å². The third-order valence-corrected chi connectivity index (χ3v) is 8.37. The summed E-state index contributed by atoms with van der Waals surface area (Å²) >= 11 is 0. The summed E-state index contributed by atoms with van der Waals surface area (Å²) in [6.07, 6.45) is 1.48. The van der Waals surface area contributed by atoms with Gasteiger partial charge in [-0.1, -0.05) is 6.07 Å². The number of nitrogens with one attached hydrogen (secondary N) is 2. The van der Waals surface area contributed by atoms with Gasteiger partial charge >= 0.3 is 0 Å². The summed E-state index contributed by atoms with van der Waals surface area (Å²) in [6, 6.07) is 4.33. The van der Waals surface area contributed by atoms with Crippen molar-refractivity contribution < 1.29 is 16.8 Å². The average molecular weight is 461 g/mol. The predicted molar refractivity (Wildman–Crippen MR) is 109 cm³/mol. The number of sulfone groups is 1. The van der Waals surface area contributed by atoms with Crippen molar-refractivity contribution >= 4 is 36.9 Å². The number of azo groups is 1. The van der Waals surface area contributed by atoms with E-state index in [1.54, 1.807) is 6.07 Å². The first-order valence-electron chi connectivity index (χ1n) is 9.01. The van der Waals surface area contributed by atoms with E-state index >= 15 is 0 Å². The maximum absolute atomic E-state index is 13.2. The van der Waals surface area contributed by atoms with E-state index in [0.29, 0.717) is 22.3 Å². The van der Waals surface area contributed by atoms with Crippen LogP contribution in [0.2, 0.25) is 0 Å². The molecule has 5 rings (SSSR count). The van der Waals surface area contributed by atoms with Crippen LogP contribution in [0.3, 0.4) is 0 Å². The number of aromatic amines is 1. The van der Waals surface area contributed by atoms with E-state index < -0.39 is 34.9 Å². The zero-order valence-corrected chi connectivity index (χ0v) is 17.4. The van der Waals surface area contributed by atoms with Crippen LogP contribution in [0, 0.1) is 0 Å². The Morgan fingerprint density at radius 3 is 2.48 bits per heavy atom. The Kier molecular flexibility index (Phi) is 4.44. The van der Waals surface area contributed by atoms with E-state index in [1.165, 1.54) is 18.3 Å². The third kappa shape index (κ3) is 3.13. The summed E-state index contributed by atoms with van der Waals surface area (Å²) in [5.74, 6) is -0.0312. The van der Waals surface area contributed by atoms with E-state index in [1.807, 2.05) is 0 Å². The standard InChI is InChI=1S/C16H15N9O4S2/c17-31(28,29)14-11(30(26,27)8-5-18-6-8)2-1-9(12(14)15-20-7-21-23-15)10-3-4-19-16-13(10)22-25-24-16/h1-4,8,18H,5-7H2,(H2,17,28,29)(H,19,22,24,25). The number of aliphatic imine (C=N–C) groups is 1. The number of rotatable bonds is 5. The number of primary sulfonamides is 1. The molecule has 2 aromatic heterocycles. The van der Waals surface area contributed by atoms with Gasteiger partial charge in [0.2, 0.25) is 15.7 Å². The molecule has 2 aliphatic rings. The van der Waals surface area contributed by atoms with Crippen molar-refractivity contribution in [1.82, 2.24) is 25.7 Å². The number of nitrogens with zero attached hydrogens (tertiary/aromatic N) is 6. The minimum Gasteiger partial charge on any atom is -0.314 e. The lowest BCUT2D eigenvalue weighted by atomic mass is 9.99. The van der Waals surface area contributed by atoms with Gasteiger partial charge in [0.25, 0.3) is 0 Å². The number of nitrogens with two attached hydrogens (primary N) is 1. The molecule has 4 heterocycles. The van der Waals surface area contributed by atoms with Gasteiger partial charge in [-0.05, 0) is 17.7 Å². The first kappa shape index (κ1) is 19.8. The fourth-order valence-corrected chi connectivity index (χ4v) is 6.69. The Balaban J connectivity index is 1.90. The highest BCUT2D eigenvalue weighted by molar-refractivity contribution is 7.94. The van der Waals surface area contributed by atoms with Crippen molar-refractivity contribution in [3.05, 3.63) is 30.0 Å². The van der Waals surface area contributed by atoms with Crippen molar-refractivity contribution in [1.29, 1.82) is 0 Å². The minimum atomic E-state index is -4.51. The molecule has 0 spiro atoms. The number of amidine groups is 1. The van der Waals surface area contributed by atoms with Crippen molar-refractivity contribution in [2.45, 2.75) is 15.0 Å². The number of pyridine rings is 1. The van der Waals surface area contributed by atoms with Crippen LogP contribution in [-0.4, -0.2) is 68.1 Å². The fraction of sp³-hybridized carbons (Fsp3) is 0.250. The third-order valence-electron chi connectivity index (χ3n) is 5.08. The zero-order chi connectivity index (χ0) is 21.8. The van der Waals surface area contributed by atoms with Crippen LogP contribution >= 0.6 is 0 Å². The summed E-state index contributed by atoms with van der Waals surface area (Å²) in [6.45, 7) is 0.417. The second-order valence-corrected chi connectivity index (χ2v) is 10.6. The monoisotopic (exact) mass is 461 g/mol. The van der Waals surface area contributed by atoms with Crippen molar-refractivity contribution in [3.8, 4) is 11.1 Å². The molecule has 0 bridgehead atoms. The Morgan fingerprint density at radius 2 is 1.84 bits per heavy atom. The topological polar surface area (TPSA) is 198 Å². The Bertz CT molecular complexity index is 1490. The molecule has 0 atom stereocenters. The maximum Gasteiger partial charge on any atom is 0.240 e. The molecule has 0 radical (unpaired) electrons. The van der Waals surface area contributed by atoms with Crippen LogP contribution in [0.4, 0.5) is 0 Å². The van der Waals surface area contributed by atoms with Crippen LogP contribution in [0.15, 0.2) is 49.4 Å². The highest BCUT2D eigenvalue weighted by Crippen LogP contribution is 2.37. The van der Waals surface area contributed by atoms with Crippen LogP contribution in [-0.2, 0) is 19.9 Å². The molecule has 15 heteroatoms. The number of hydrogen-bond donors (Lipinski definition) is 3. The van der Waals surface area contributed by atoms with E-state index in [9.17, 15) is 16.8 Å². The highest BCUT2D eigenvalue weighted by Gasteiger charge is 2.39. The molecule has 3 aromatic rings. The summed E-state index contributed by atoms with van der Waals surface area (Å²) < 4.78 is 51.8. The van der Waals surface area contributed by atoms with E-state index in [4.69, 9.17) is 5.14 Å². The molecule has 31 heavy (non-hydrogen) atoms. The van der Waals surface area contributed by atoms with E-state index in [-0.39, 0.29) is 31.2 Å². The molecule has 1 saturated heterocycles. The number of H-pyrrole nitrogens is 1. The van der Waals surface area contributed by atoms with Gasteiger partial charge in [-0.15, -0.1) is 10.2 Å². The van der Waals surface area contributed by atoms with Crippen molar-refractivity contribution in [2.75, 3.05) is 19.8 Å². The molecule has 0 amide bonds. The van der Waals surface area contributed by atoms with Gasteiger partial charge in [-0.2, -0.15) is 15.4 Å². The molecular weight excluding hydrogens is 446 g/mol. The minimum absolute atomic E-state index is 0.0158. The highest BCUT2D eigenvalue weighted by atomic mass is 32.2. The fourth-order valence-electron chi connectivity index (χ4n) is 3.51. The zero-order valence-electron chi connectivity index (χ0n) is 15.7. The lowest BCUT2D eigenvalue weighted by Gasteiger charge is -2.28. The second kappa shape index (κ2) is 6.94. The SMILES string of the molecule is NS(=O)(=O)c1c(S(=O)(=O)C2CNC2)ccc(-c2ccnc3n[nH]nc23)c1C1=NCN=N1.